The van der Waals surface area contributed by atoms with Crippen LogP contribution in [0.2, 0.25) is 0 Å². The molecule has 1 unspecified atom stereocenters. The molecule has 1 aliphatic rings. The molecule has 1 heterocycles. The van der Waals surface area contributed by atoms with Gasteiger partial charge in [0.25, 0.3) is 5.91 Å². The number of amides is 2. The van der Waals surface area contributed by atoms with E-state index in [1.165, 1.54) is 0 Å². The van der Waals surface area contributed by atoms with Crippen LogP contribution in [0.5, 0.6) is 0 Å². The highest BCUT2D eigenvalue weighted by Gasteiger charge is 2.20. The van der Waals surface area contributed by atoms with Crippen molar-refractivity contribution in [2.75, 3.05) is 6.54 Å². The van der Waals surface area contributed by atoms with Crippen LogP contribution in [0.1, 0.15) is 34.3 Å². The summed E-state index contributed by atoms with van der Waals surface area (Å²) in [7, 11) is 0. The van der Waals surface area contributed by atoms with Crippen molar-refractivity contribution in [2.24, 2.45) is 0 Å². The van der Waals surface area contributed by atoms with Crippen LogP contribution in [0.15, 0.2) is 18.2 Å². The maximum absolute atomic E-state index is 12.1. The first-order valence-corrected chi connectivity index (χ1v) is 6.21. The molecule has 1 atom stereocenters. The molecule has 1 saturated heterocycles. The first kappa shape index (κ1) is 12.6. The van der Waals surface area contributed by atoms with Crippen molar-refractivity contribution in [2.45, 2.75) is 32.7 Å². The minimum absolute atomic E-state index is 0.0371. The van der Waals surface area contributed by atoms with E-state index in [0.29, 0.717) is 24.9 Å². The Morgan fingerprint density at radius 3 is 2.83 bits per heavy atom. The van der Waals surface area contributed by atoms with Gasteiger partial charge in [-0.15, -0.1) is 0 Å². The average Bonchev–Trinajstić information content (AvgIpc) is 2.35. The van der Waals surface area contributed by atoms with E-state index in [4.69, 9.17) is 0 Å². The van der Waals surface area contributed by atoms with Crippen LogP contribution in [0.25, 0.3) is 0 Å². The molecular formula is C14H18N2O2. The van der Waals surface area contributed by atoms with E-state index >= 15 is 0 Å². The summed E-state index contributed by atoms with van der Waals surface area (Å²) in [5.41, 5.74) is 2.83. The van der Waals surface area contributed by atoms with Crippen molar-refractivity contribution in [3.05, 3.63) is 34.9 Å². The molecule has 96 valence electrons. The summed E-state index contributed by atoms with van der Waals surface area (Å²) in [4.78, 5) is 23.2. The zero-order valence-corrected chi connectivity index (χ0v) is 10.7. The number of aryl methyl sites for hydroxylation is 1. The van der Waals surface area contributed by atoms with Crippen molar-refractivity contribution in [3.63, 3.8) is 0 Å². The highest BCUT2D eigenvalue weighted by Crippen LogP contribution is 2.13. The Labute approximate surface area is 107 Å². The molecule has 0 aliphatic carbocycles. The fraction of sp³-hybridized carbons (Fsp3) is 0.429. The molecule has 2 amide bonds. The summed E-state index contributed by atoms with van der Waals surface area (Å²) in [5, 5.41) is 5.73. The van der Waals surface area contributed by atoms with E-state index in [9.17, 15) is 9.59 Å². The minimum Gasteiger partial charge on any atom is -0.354 e. The smallest absolute Gasteiger partial charge is 0.251 e. The van der Waals surface area contributed by atoms with Crippen molar-refractivity contribution in [1.82, 2.24) is 10.6 Å². The zero-order valence-electron chi connectivity index (χ0n) is 10.7. The predicted molar refractivity (Wildman–Crippen MR) is 69.4 cm³/mol. The summed E-state index contributed by atoms with van der Waals surface area (Å²) in [6.07, 6.45) is 1.19. The summed E-state index contributed by atoms with van der Waals surface area (Å²) in [5.74, 6) is 0.00424. The van der Waals surface area contributed by atoms with Gasteiger partial charge in [0.2, 0.25) is 5.91 Å². The Morgan fingerprint density at radius 1 is 1.39 bits per heavy atom. The second-order valence-electron chi connectivity index (χ2n) is 4.76. The fourth-order valence-electron chi connectivity index (χ4n) is 2.12. The van der Waals surface area contributed by atoms with Crippen LogP contribution in [0.4, 0.5) is 0 Å². The minimum atomic E-state index is -0.0580. The second-order valence-corrected chi connectivity index (χ2v) is 4.76. The molecule has 0 radical (unpaired) electrons. The number of nitrogens with one attached hydrogen (secondary N) is 2. The van der Waals surface area contributed by atoms with Crippen molar-refractivity contribution < 1.29 is 9.59 Å². The molecule has 0 saturated carbocycles. The molecule has 0 bridgehead atoms. The van der Waals surface area contributed by atoms with Gasteiger partial charge in [-0.1, -0.05) is 12.1 Å². The van der Waals surface area contributed by atoms with Crippen molar-refractivity contribution in [3.8, 4) is 0 Å². The zero-order chi connectivity index (χ0) is 13.1. The first-order chi connectivity index (χ1) is 8.58. The van der Waals surface area contributed by atoms with E-state index in [0.717, 1.165) is 11.1 Å². The summed E-state index contributed by atoms with van der Waals surface area (Å²) < 4.78 is 0. The molecule has 2 N–H and O–H groups in total. The van der Waals surface area contributed by atoms with Gasteiger partial charge in [-0.05, 0) is 37.5 Å². The summed E-state index contributed by atoms with van der Waals surface area (Å²) in [6, 6.07) is 5.75. The number of benzene rings is 1. The molecule has 4 nitrogen and oxygen atoms in total. The monoisotopic (exact) mass is 246 g/mol. The molecule has 0 spiro atoms. The molecule has 1 aliphatic heterocycles. The van der Waals surface area contributed by atoms with Crippen molar-refractivity contribution >= 4 is 11.8 Å². The van der Waals surface area contributed by atoms with Crippen LogP contribution < -0.4 is 10.6 Å². The van der Waals surface area contributed by atoms with Gasteiger partial charge in [0.05, 0.1) is 0 Å². The number of hydrogen-bond acceptors (Lipinski definition) is 2. The van der Waals surface area contributed by atoms with E-state index in [2.05, 4.69) is 10.6 Å². The largest absolute Gasteiger partial charge is 0.354 e. The molecule has 1 fully saturated rings. The lowest BCUT2D eigenvalue weighted by atomic mass is 10.0. The number of piperidine rings is 1. The molecule has 4 heteroatoms. The van der Waals surface area contributed by atoms with Crippen LogP contribution in [0, 0.1) is 13.8 Å². The van der Waals surface area contributed by atoms with Crippen LogP contribution in [-0.4, -0.2) is 24.4 Å². The van der Waals surface area contributed by atoms with Crippen molar-refractivity contribution in [1.29, 1.82) is 0 Å². The standard InChI is InChI=1S/C14H18N2O2/c1-9-4-3-5-12(10(9)2)14(18)16-11-6-7-13(17)15-8-11/h3-5,11H,6-8H2,1-2H3,(H,15,17)(H,16,18). The Balaban J connectivity index is 2.03. The quantitative estimate of drug-likeness (QED) is 0.826. The third-order valence-electron chi connectivity index (χ3n) is 3.45. The molecule has 0 aromatic heterocycles. The Bertz CT molecular complexity index is 473. The van der Waals surface area contributed by atoms with Gasteiger partial charge in [-0.25, -0.2) is 0 Å². The van der Waals surface area contributed by atoms with Gasteiger partial charge in [-0.2, -0.15) is 0 Å². The van der Waals surface area contributed by atoms with E-state index < -0.39 is 0 Å². The number of carbonyl (C=O) groups is 2. The maximum Gasteiger partial charge on any atom is 0.251 e. The lowest BCUT2D eigenvalue weighted by molar-refractivity contribution is -0.122. The average molecular weight is 246 g/mol. The molecule has 18 heavy (non-hydrogen) atoms. The topological polar surface area (TPSA) is 58.2 Å². The second kappa shape index (κ2) is 5.21. The van der Waals surface area contributed by atoms with E-state index in [-0.39, 0.29) is 17.9 Å². The van der Waals surface area contributed by atoms with Crippen LogP contribution in [-0.2, 0) is 4.79 Å². The molecule has 1 aromatic rings. The molecule has 2 rings (SSSR count). The van der Waals surface area contributed by atoms with Crippen LogP contribution >= 0.6 is 0 Å². The maximum atomic E-state index is 12.1. The number of rotatable bonds is 2. The Morgan fingerprint density at radius 2 is 2.17 bits per heavy atom. The van der Waals surface area contributed by atoms with Crippen LogP contribution in [0.3, 0.4) is 0 Å². The molecular weight excluding hydrogens is 228 g/mol. The number of hydrogen-bond donors (Lipinski definition) is 2. The summed E-state index contributed by atoms with van der Waals surface area (Å²) >= 11 is 0. The van der Waals surface area contributed by atoms with Gasteiger partial charge in [0.15, 0.2) is 0 Å². The van der Waals surface area contributed by atoms with Gasteiger partial charge in [0.1, 0.15) is 0 Å². The summed E-state index contributed by atoms with van der Waals surface area (Å²) in [6.45, 7) is 4.47. The SMILES string of the molecule is Cc1cccc(C(=O)NC2CCC(=O)NC2)c1C. The normalized spacial score (nSPS) is 19.2. The fourth-order valence-corrected chi connectivity index (χ4v) is 2.12. The van der Waals surface area contributed by atoms with E-state index in [1.54, 1.807) is 0 Å². The lowest BCUT2D eigenvalue weighted by Gasteiger charge is -2.23. The lowest BCUT2D eigenvalue weighted by Crippen LogP contribution is -2.47. The Kier molecular flexibility index (Phi) is 3.65. The first-order valence-electron chi connectivity index (χ1n) is 6.21. The number of carbonyl (C=O) groups excluding carboxylic acids is 2. The van der Waals surface area contributed by atoms with Gasteiger partial charge < -0.3 is 10.6 Å². The molecule has 1 aromatic carbocycles. The van der Waals surface area contributed by atoms with Gasteiger partial charge in [-0.3, -0.25) is 9.59 Å². The predicted octanol–water partition coefficient (Wildman–Crippen LogP) is 1.31. The third kappa shape index (κ3) is 2.70. The Hall–Kier alpha value is -1.84. The van der Waals surface area contributed by atoms with Gasteiger partial charge >= 0.3 is 0 Å². The third-order valence-corrected chi connectivity index (χ3v) is 3.45. The van der Waals surface area contributed by atoms with Gasteiger partial charge in [0, 0.05) is 24.6 Å². The highest BCUT2D eigenvalue weighted by atomic mass is 16.2. The highest BCUT2D eigenvalue weighted by molar-refractivity contribution is 5.96. The van der Waals surface area contributed by atoms with E-state index in [1.807, 2.05) is 32.0 Å².